The monoisotopic (exact) mass is 364 g/mol. The normalized spacial score (nSPS) is 14.6. The highest BCUT2D eigenvalue weighted by atomic mass is 35.5. The van der Waals surface area contributed by atoms with Gasteiger partial charge in [0.25, 0.3) is 0 Å². The van der Waals surface area contributed by atoms with Crippen molar-refractivity contribution in [2.45, 2.75) is 45.3 Å². The van der Waals surface area contributed by atoms with Gasteiger partial charge in [0.05, 0.1) is 6.20 Å². The molecule has 2 aromatic heterocycles. The van der Waals surface area contributed by atoms with Gasteiger partial charge in [0.1, 0.15) is 22.6 Å². The Morgan fingerprint density at radius 1 is 1.46 bits per heavy atom. The molecule has 1 unspecified atom stereocenters. The maximum Gasteiger partial charge on any atom is 0.408 e. The van der Waals surface area contributed by atoms with Crippen LogP contribution in [0.5, 0.6) is 0 Å². The van der Waals surface area contributed by atoms with Gasteiger partial charge in [-0.3, -0.25) is 0 Å². The van der Waals surface area contributed by atoms with E-state index in [1.807, 2.05) is 6.92 Å². The van der Waals surface area contributed by atoms with Crippen molar-refractivity contribution in [2.24, 2.45) is 0 Å². The van der Waals surface area contributed by atoms with Crippen LogP contribution in [0.25, 0.3) is 5.65 Å². The van der Waals surface area contributed by atoms with Crippen LogP contribution in [-0.2, 0) is 0 Å². The van der Waals surface area contributed by atoms with Crippen molar-refractivity contribution in [2.75, 3.05) is 5.32 Å². The molecule has 0 saturated carbocycles. The molecule has 0 amide bonds. The van der Waals surface area contributed by atoms with Gasteiger partial charge in [0.2, 0.25) is 0 Å². The van der Waals surface area contributed by atoms with Gasteiger partial charge in [-0.2, -0.15) is 22.8 Å². The van der Waals surface area contributed by atoms with Crippen LogP contribution in [0.1, 0.15) is 49.0 Å². The summed E-state index contributed by atoms with van der Waals surface area (Å²) in [4.78, 5) is 15.2. The van der Waals surface area contributed by atoms with Gasteiger partial charge < -0.3 is 10.4 Å². The van der Waals surface area contributed by atoms with Crippen molar-refractivity contribution < 1.29 is 23.1 Å². The quantitative estimate of drug-likeness (QED) is 0.785. The van der Waals surface area contributed by atoms with Crippen LogP contribution in [0.4, 0.5) is 19.0 Å². The second kappa shape index (κ2) is 6.46. The van der Waals surface area contributed by atoms with Crippen LogP contribution in [-0.4, -0.2) is 37.9 Å². The second-order valence-corrected chi connectivity index (χ2v) is 5.84. The van der Waals surface area contributed by atoms with Crippen LogP contribution in [0, 0.1) is 0 Å². The van der Waals surface area contributed by atoms with Gasteiger partial charge in [-0.25, -0.2) is 9.78 Å². The number of carbonyl (C=O) groups is 1. The van der Waals surface area contributed by atoms with E-state index in [2.05, 4.69) is 15.4 Å². The molecule has 2 atom stereocenters. The Kier molecular flexibility index (Phi) is 4.93. The number of carboxylic acid groups (broad SMARTS) is 1. The summed E-state index contributed by atoms with van der Waals surface area (Å²) in [6.07, 6.45) is -2.85. The van der Waals surface area contributed by atoms with Crippen molar-refractivity contribution in [1.29, 1.82) is 0 Å². The topological polar surface area (TPSA) is 79.5 Å². The number of carboxylic acids is 1. The first kappa shape index (κ1) is 18.3. The standard InChI is InChI=1S/C14H16ClF3N4O2/c1-4-6(2)9-10(15)21-11-8(13(23)24)5-19-22(11)12(9)20-7(3)14(16,17)18/h5-7,20H,4H2,1-3H3,(H,23,24)/t6?,7-/m0/s1. The molecule has 6 nitrogen and oxygen atoms in total. The number of nitrogens with one attached hydrogen (secondary N) is 1. The smallest absolute Gasteiger partial charge is 0.408 e. The molecular formula is C14H16ClF3N4O2. The van der Waals surface area contributed by atoms with Crippen molar-refractivity contribution in [1.82, 2.24) is 14.6 Å². The maximum absolute atomic E-state index is 12.9. The third kappa shape index (κ3) is 3.26. The van der Waals surface area contributed by atoms with Crippen LogP contribution in [0.15, 0.2) is 6.20 Å². The minimum atomic E-state index is -4.49. The molecule has 0 aliphatic heterocycles. The number of halogens is 4. The van der Waals surface area contributed by atoms with E-state index in [4.69, 9.17) is 16.7 Å². The van der Waals surface area contributed by atoms with Crippen molar-refractivity contribution in [3.8, 4) is 0 Å². The van der Waals surface area contributed by atoms with Crippen LogP contribution >= 0.6 is 11.6 Å². The lowest BCUT2D eigenvalue weighted by molar-refractivity contribution is -0.138. The number of aromatic nitrogens is 3. The second-order valence-electron chi connectivity index (χ2n) is 5.48. The molecule has 0 aromatic carbocycles. The number of hydrogen-bond donors (Lipinski definition) is 2. The number of hydrogen-bond acceptors (Lipinski definition) is 4. The first-order valence-electron chi connectivity index (χ1n) is 7.21. The summed E-state index contributed by atoms with van der Waals surface area (Å²) in [6.45, 7) is 4.61. The fraction of sp³-hybridized carbons (Fsp3) is 0.500. The predicted octanol–water partition coefficient (Wildman–Crippen LogP) is 3.96. The summed E-state index contributed by atoms with van der Waals surface area (Å²) < 4.78 is 39.9. The minimum Gasteiger partial charge on any atom is -0.477 e. The lowest BCUT2D eigenvalue weighted by atomic mass is 10.0. The van der Waals surface area contributed by atoms with E-state index in [0.29, 0.717) is 12.0 Å². The first-order chi connectivity index (χ1) is 11.1. The average molecular weight is 365 g/mol. The molecule has 0 fully saturated rings. The number of nitrogens with zero attached hydrogens (tertiary/aromatic N) is 3. The number of fused-ring (bicyclic) bond motifs is 1. The number of aromatic carboxylic acids is 1. The number of rotatable bonds is 5. The molecule has 0 aliphatic carbocycles. The van der Waals surface area contributed by atoms with Crippen molar-refractivity contribution in [3.05, 3.63) is 22.5 Å². The highest BCUT2D eigenvalue weighted by molar-refractivity contribution is 6.30. The minimum absolute atomic E-state index is 0.00308. The van der Waals surface area contributed by atoms with E-state index in [0.717, 1.165) is 17.6 Å². The molecular weight excluding hydrogens is 349 g/mol. The number of anilines is 1. The van der Waals surface area contributed by atoms with Gasteiger partial charge in [-0.15, -0.1) is 0 Å². The fourth-order valence-electron chi connectivity index (χ4n) is 2.20. The molecule has 0 saturated heterocycles. The summed E-state index contributed by atoms with van der Waals surface area (Å²) in [5, 5.41) is 15.3. The summed E-state index contributed by atoms with van der Waals surface area (Å²) in [6, 6.07) is -1.88. The number of alkyl halides is 3. The van der Waals surface area contributed by atoms with Gasteiger partial charge in [-0.1, -0.05) is 25.4 Å². The molecule has 0 radical (unpaired) electrons. The predicted molar refractivity (Wildman–Crippen MR) is 82.8 cm³/mol. The lowest BCUT2D eigenvalue weighted by Crippen LogP contribution is -2.34. The SMILES string of the molecule is CCC(C)c1c(Cl)nc2c(C(=O)O)cnn2c1N[C@@H](C)C(F)(F)F. The molecule has 2 aromatic rings. The fourth-order valence-corrected chi connectivity index (χ4v) is 2.55. The molecule has 24 heavy (non-hydrogen) atoms. The molecule has 0 spiro atoms. The van der Waals surface area contributed by atoms with E-state index in [-0.39, 0.29) is 28.1 Å². The van der Waals surface area contributed by atoms with E-state index in [9.17, 15) is 18.0 Å². The van der Waals surface area contributed by atoms with Gasteiger partial charge in [0, 0.05) is 5.56 Å². The maximum atomic E-state index is 12.9. The molecule has 0 aliphatic rings. The zero-order valence-electron chi connectivity index (χ0n) is 13.1. The van der Waals surface area contributed by atoms with Gasteiger partial charge in [-0.05, 0) is 19.3 Å². The first-order valence-corrected chi connectivity index (χ1v) is 7.59. The average Bonchev–Trinajstić information content (AvgIpc) is 2.89. The molecule has 10 heteroatoms. The highest BCUT2D eigenvalue weighted by Crippen LogP contribution is 2.35. The summed E-state index contributed by atoms with van der Waals surface area (Å²) >= 11 is 6.15. The Morgan fingerprint density at radius 3 is 2.58 bits per heavy atom. The zero-order chi connectivity index (χ0) is 18.2. The van der Waals surface area contributed by atoms with Crippen LogP contribution in [0.2, 0.25) is 5.15 Å². The molecule has 132 valence electrons. The van der Waals surface area contributed by atoms with Gasteiger partial charge >= 0.3 is 12.1 Å². The Labute approximate surface area is 140 Å². The largest absolute Gasteiger partial charge is 0.477 e. The van der Waals surface area contributed by atoms with Crippen LogP contribution < -0.4 is 5.32 Å². The Bertz CT molecular complexity index is 775. The van der Waals surface area contributed by atoms with E-state index in [1.54, 1.807) is 6.92 Å². The Morgan fingerprint density at radius 2 is 2.08 bits per heavy atom. The van der Waals surface area contributed by atoms with Gasteiger partial charge in [0.15, 0.2) is 5.65 Å². The van der Waals surface area contributed by atoms with Crippen molar-refractivity contribution >= 4 is 29.0 Å². The van der Waals surface area contributed by atoms with E-state index in [1.165, 1.54) is 0 Å². The summed E-state index contributed by atoms with van der Waals surface area (Å²) in [7, 11) is 0. The van der Waals surface area contributed by atoms with Crippen LogP contribution in [0.3, 0.4) is 0 Å². The Balaban J connectivity index is 2.73. The van der Waals surface area contributed by atoms with E-state index < -0.39 is 18.2 Å². The third-order valence-electron chi connectivity index (χ3n) is 3.82. The summed E-state index contributed by atoms with van der Waals surface area (Å²) in [5.41, 5.74) is 0.00884. The highest BCUT2D eigenvalue weighted by Gasteiger charge is 2.37. The zero-order valence-corrected chi connectivity index (χ0v) is 13.9. The molecule has 2 rings (SSSR count). The summed E-state index contributed by atoms with van der Waals surface area (Å²) in [5.74, 6) is -1.49. The molecule has 0 bridgehead atoms. The molecule has 2 N–H and O–H groups in total. The lowest BCUT2D eigenvalue weighted by Gasteiger charge is -2.23. The molecule has 2 heterocycles. The van der Waals surface area contributed by atoms with E-state index >= 15 is 0 Å². The third-order valence-corrected chi connectivity index (χ3v) is 4.10. The Hall–Kier alpha value is -2.03. The van der Waals surface area contributed by atoms with Crippen molar-refractivity contribution in [3.63, 3.8) is 0 Å².